The third-order valence-electron chi connectivity index (χ3n) is 3.37. The number of hydrogen-bond acceptors (Lipinski definition) is 2. The number of likely N-dealkylation sites (tertiary alicyclic amines) is 1. The molecule has 1 fully saturated rings. The highest BCUT2D eigenvalue weighted by molar-refractivity contribution is 14.1. The first kappa shape index (κ1) is 14.3. The summed E-state index contributed by atoms with van der Waals surface area (Å²) in [6.07, 6.45) is 3.28. The minimum atomic E-state index is -0.902. The van der Waals surface area contributed by atoms with E-state index in [0.717, 1.165) is 22.8 Å². The van der Waals surface area contributed by atoms with Gasteiger partial charge in [-0.05, 0) is 53.6 Å². The molecule has 1 amide bonds. The second-order valence-corrected chi connectivity index (χ2v) is 5.96. The Bertz CT molecular complexity index is 489. The maximum atomic E-state index is 12.5. The topological polar surface area (TPSA) is 57.6 Å². The molecule has 0 aliphatic carbocycles. The van der Waals surface area contributed by atoms with Gasteiger partial charge < -0.3 is 10.0 Å². The molecule has 1 aliphatic heterocycles. The summed E-state index contributed by atoms with van der Waals surface area (Å²) in [7, 11) is 0. The lowest BCUT2D eigenvalue weighted by Gasteiger charge is -2.27. The first-order valence-corrected chi connectivity index (χ1v) is 7.47. The third-order valence-corrected chi connectivity index (χ3v) is 4.04. The minimum Gasteiger partial charge on any atom is -0.480 e. The van der Waals surface area contributed by atoms with Crippen LogP contribution in [0.4, 0.5) is 0 Å². The number of carbonyl (C=O) groups is 2. The molecule has 1 aromatic rings. The van der Waals surface area contributed by atoms with Gasteiger partial charge in [-0.2, -0.15) is 0 Å². The Balaban J connectivity index is 2.26. The van der Waals surface area contributed by atoms with Crippen LogP contribution in [0.3, 0.4) is 0 Å². The minimum absolute atomic E-state index is 0.173. The van der Waals surface area contributed by atoms with E-state index in [1.165, 1.54) is 4.90 Å². The molecular formula is C14H16INO3. The molecule has 1 atom stereocenters. The van der Waals surface area contributed by atoms with Gasteiger partial charge in [0.25, 0.3) is 5.91 Å². The van der Waals surface area contributed by atoms with Gasteiger partial charge in [0.05, 0.1) is 0 Å². The Morgan fingerprint density at radius 3 is 2.74 bits per heavy atom. The number of carboxylic acids is 1. The smallest absolute Gasteiger partial charge is 0.326 e. The molecule has 0 saturated carbocycles. The Hall–Kier alpha value is -1.11. The fraction of sp³-hybridized carbons (Fsp3) is 0.429. The SMILES string of the molecule is O=C(O)C1CCCCCN1C(=O)c1cccc(I)c1. The number of rotatable bonds is 2. The van der Waals surface area contributed by atoms with Crippen LogP contribution in [-0.4, -0.2) is 34.5 Å². The van der Waals surface area contributed by atoms with Crippen LogP contribution in [0, 0.1) is 3.57 Å². The first-order chi connectivity index (χ1) is 9.09. The van der Waals surface area contributed by atoms with Gasteiger partial charge in [0.1, 0.15) is 6.04 Å². The second-order valence-electron chi connectivity index (χ2n) is 4.71. The molecule has 0 radical (unpaired) electrons. The molecular weight excluding hydrogens is 357 g/mol. The summed E-state index contributed by atoms with van der Waals surface area (Å²) in [5.41, 5.74) is 0.569. The van der Waals surface area contributed by atoms with Crippen LogP contribution in [0.2, 0.25) is 0 Å². The summed E-state index contributed by atoms with van der Waals surface area (Å²) in [5, 5.41) is 9.29. The summed E-state index contributed by atoms with van der Waals surface area (Å²) >= 11 is 2.15. The van der Waals surface area contributed by atoms with Crippen LogP contribution in [0.25, 0.3) is 0 Å². The van der Waals surface area contributed by atoms with Crippen molar-refractivity contribution in [2.45, 2.75) is 31.7 Å². The summed E-state index contributed by atoms with van der Waals surface area (Å²) in [6.45, 7) is 0.529. The number of benzene rings is 1. The van der Waals surface area contributed by atoms with E-state index < -0.39 is 12.0 Å². The number of carboxylic acid groups (broad SMARTS) is 1. The van der Waals surface area contributed by atoms with Crippen LogP contribution in [-0.2, 0) is 4.79 Å². The maximum absolute atomic E-state index is 12.5. The Morgan fingerprint density at radius 2 is 2.05 bits per heavy atom. The van der Waals surface area contributed by atoms with Gasteiger partial charge in [-0.15, -0.1) is 0 Å². The lowest BCUT2D eigenvalue weighted by molar-refractivity contribution is -0.142. The van der Waals surface area contributed by atoms with E-state index in [-0.39, 0.29) is 5.91 Å². The molecule has 0 spiro atoms. The van der Waals surface area contributed by atoms with Crippen molar-refractivity contribution in [1.82, 2.24) is 4.90 Å². The van der Waals surface area contributed by atoms with Gasteiger partial charge in [-0.1, -0.05) is 18.9 Å². The van der Waals surface area contributed by atoms with Crippen molar-refractivity contribution in [3.63, 3.8) is 0 Å². The molecule has 1 aliphatic rings. The van der Waals surface area contributed by atoms with Gasteiger partial charge in [-0.25, -0.2) is 4.79 Å². The van der Waals surface area contributed by atoms with Crippen LogP contribution >= 0.6 is 22.6 Å². The number of carbonyl (C=O) groups excluding carboxylic acids is 1. The van der Waals surface area contributed by atoms with E-state index in [2.05, 4.69) is 22.6 Å². The Labute approximate surface area is 125 Å². The lowest BCUT2D eigenvalue weighted by Crippen LogP contribution is -2.44. The van der Waals surface area contributed by atoms with Crippen molar-refractivity contribution in [2.75, 3.05) is 6.54 Å². The molecule has 1 unspecified atom stereocenters. The zero-order valence-electron chi connectivity index (χ0n) is 10.5. The third kappa shape index (κ3) is 3.46. The summed E-state index contributed by atoms with van der Waals surface area (Å²) in [4.78, 5) is 25.3. The maximum Gasteiger partial charge on any atom is 0.326 e. The largest absolute Gasteiger partial charge is 0.480 e. The van der Waals surface area contributed by atoms with Gasteiger partial charge in [0, 0.05) is 15.7 Å². The first-order valence-electron chi connectivity index (χ1n) is 6.39. The van der Waals surface area contributed by atoms with E-state index in [0.29, 0.717) is 18.5 Å². The second kappa shape index (κ2) is 6.36. The molecule has 1 aromatic carbocycles. The highest BCUT2D eigenvalue weighted by atomic mass is 127. The molecule has 102 valence electrons. The van der Waals surface area contributed by atoms with Crippen LogP contribution < -0.4 is 0 Å². The molecule has 19 heavy (non-hydrogen) atoms. The molecule has 0 bridgehead atoms. The highest BCUT2D eigenvalue weighted by Crippen LogP contribution is 2.20. The van der Waals surface area contributed by atoms with E-state index in [1.807, 2.05) is 12.1 Å². The van der Waals surface area contributed by atoms with Crippen molar-refractivity contribution in [1.29, 1.82) is 0 Å². The number of hydrogen-bond donors (Lipinski definition) is 1. The van der Waals surface area contributed by atoms with Crippen molar-refractivity contribution < 1.29 is 14.7 Å². The van der Waals surface area contributed by atoms with Crippen LogP contribution in [0.1, 0.15) is 36.0 Å². The van der Waals surface area contributed by atoms with Crippen molar-refractivity contribution in [3.05, 3.63) is 33.4 Å². The predicted molar refractivity (Wildman–Crippen MR) is 80.1 cm³/mol. The van der Waals surface area contributed by atoms with Gasteiger partial charge >= 0.3 is 5.97 Å². The molecule has 2 rings (SSSR count). The monoisotopic (exact) mass is 373 g/mol. The Kier molecular flexibility index (Phi) is 4.79. The number of amides is 1. The average Bonchev–Trinajstić information content (AvgIpc) is 2.63. The zero-order chi connectivity index (χ0) is 13.8. The summed E-state index contributed by atoms with van der Waals surface area (Å²) in [6, 6.07) is 6.59. The fourth-order valence-corrected chi connectivity index (χ4v) is 2.94. The van der Waals surface area contributed by atoms with Crippen molar-refractivity contribution >= 4 is 34.5 Å². The molecule has 5 heteroatoms. The highest BCUT2D eigenvalue weighted by Gasteiger charge is 2.31. The Morgan fingerprint density at radius 1 is 1.26 bits per heavy atom. The average molecular weight is 373 g/mol. The van der Waals surface area contributed by atoms with Gasteiger partial charge in [0.15, 0.2) is 0 Å². The summed E-state index contributed by atoms with van der Waals surface area (Å²) < 4.78 is 0.977. The van der Waals surface area contributed by atoms with E-state index >= 15 is 0 Å². The van der Waals surface area contributed by atoms with Crippen LogP contribution in [0.5, 0.6) is 0 Å². The van der Waals surface area contributed by atoms with Crippen molar-refractivity contribution in [2.24, 2.45) is 0 Å². The van der Waals surface area contributed by atoms with Gasteiger partial charge in [0.2, 0.25) is 0 Å². The predicted octanol–water partition coefficient (Wildman–Crippen LogP) is 2.76. The van der Waals surface area contributed by atoms with Gasteiger partial charge in [-0.3, -0.25) is 4.79 Å². The van der Waals surface area contributed by atoms with E-state index in [1.54, 1.807) is 12.1 Å². The molecule has 1 heterocycles. The normalized spacial score (nSPS) is 19.8. The molecule has 4 nitrogen and oxygen atoms in total. The standard InChI is InChI=1S/C14H16INO3/c15-11-6-4-5-10(9-11)13(17)16-8-3-1-2-7-12(16)14(18)19/h4-6,9,12H,1-3,7-8H2,(H,18,19). The summed E-state index contributed by atoms with van der Waals surface area (Å²) in [5.74, 6) is -1.08. The van der Waals surface area contributed by atoms with E-state index in [4.69, 9.17) is 0 Å². The molecule has 1 N–H and O–H groups in total. The molecule has 1 saturated heterocycles. The van der Waals surface area contributed by atoms with E-state index in [9.17, 15) is 14.7 Å². The number of halogens is 1. The van der Waals surface area contributed by atoms with Crippen LogP contribution in [0.15, 0.2) is 24.3 Å². The quantitative estimate of drug-likeness (QED) is 0.812. The fourth-order valence-electron chi connectivity index (χ4n) is 2.40. The lowest BCUT2D eigenvalue weighted by atomic mass is 10.1. The van der Waals surface area contributed by atoms with Crippen molar-refractivity contribution in [3.8, 4) is 0 Å². The zero-order valence-corrected chi connectivity index (χ0v) is 12.7. The number of nitrogens with zero attached hydrogens (tertiary/aromatic N) is 1. The number of aliphatic carboxylic acids is 1. The molecule has 0 aromatic heterocycles.